The van der Waals surface area contributed by atoms with Crippen molar-refractivity contribution in [1.82, 2.24) is 5.32 Å². The average molecular weight is 591 g/mol. The zero-order valence-corrected chi connectivity index (χ0v) is 23.6. The largest absolute Gasteiger partial charge is 0.504 e. The molecular weight excluding hydrogens is 564 g/mol. The third-order valence-corrected chi connectivity index (χ3v) is 7.66. The van der Waals surface area contributed by atoms with E-state index in [0.717, 1.165) is 11.1 Å². The molecule has 0 radical (unpaired) electrons. The first kappa shape index (κ1) is 25.9. The molecule has 0 aliphatic carbocycles. The summed E-state index contributed by atoms with van der Waals surface area (Å²) in [6.45, 7) is 0. The van der Waals surface area contributed by atoms with Gasteiger partial charge in [-0.05, 0) is 48.5 Å². The molecule has 12 heteroatoms. The van der Waals surface area contributed by atoms with Gasteiger partial charge in [-0.25, -0.2) is 20.3 Å². The highest BCUT2D eigenvalue weighted by molar-refractivity contribution is 6.00. The van der Waals surface area contributed by atoms with E-state index in [0.29, 0.717) is 45.8 Å². The molecule has 8 rings (SSSR count). The number of ether oxygens (including phenoxy) is 5. The number of rotatable bonds is 6. The van der Waals surface area contributed by atoms with Gasteiger partial charge in [-0.1, -0.05) is 36.4 Å². The molecule has 0 fully saturated rings. The van der Waals surface area contributed by atoms with Crippen LogP contribution < -0.4 is 29.5 Å². The van der Waals surface area contributed by atoms with Gasteiger partial charge in [-0.3, -0.25) is 0 Å². The van der Waals surface area contributed by atoms with E-state index in [1.807, 2.05) is 72.8 Å². The molecule has 0 saturated carbocycles. The van der Waals surface area contributed by atoms with Crippen LogP contribution in [0.3, 0.4) is 0 Å². The second kappa shape index (κ2) is 10.2. The summed E-state index contributed by atoms with van der Waals surface area (Å²) in [7, 11) is 3.05. The lowest BCUT2D eigenvalue weighted by Crippen LogP contribution is -2.49. The molecule has 0 bridgehead atoms. The summed E-state index contributed by atoms with van der Waals surface area (Å²) in [4.78, 5) is 4.61. The van der Waals surface area contributed by atoms with E-state index in [1.165, 1.54) is 7.11 Å². The minimum atomic E-state index is -0.906. The summed E-state index contributed by atoms with van der Waals surface area (Å²) >= 11 is 0. The van der Waals surface area contributed by atoms with E-state index < -0.39 is 18.9 Å². The number of methoxy groups -OCH3 is 2. The van der Waals surface area contributed by atoms with Gasteiger partial charge in [0.25, 0.3) is 12.7 Å². The molecule has 0 aromatic heterocycles. The van der Waals surface area contributed by atoms with Gasteiger partial charge < -0.3 is 28.8 Å². The van der Waals surface area contributed by atoms with Crippen LogP contribution >= 0.6 is 0 Å². The standard InChI is InChI=1S/C32H26N6O6/c1-40-23-15-14-22-25(26(23)39)30(34-32-38(22)36-29(44-32)19-11-7-4-8-12-19)42-27-20-17-33-31-37(21(20)13-16-24(27)41-2)35-28(43-31)18-9-5-3-6-10-18/h3-17,30-32,34,39H,1-2H3/t30?,31-,32+/m0/s1. The molecule has 4 heterocycles. The van der Waals surface area contributed by atoms with Crippen molar-refractivity contribution in [2.24, 2.45) is 15.2 Å². The first-order valence-electron chi connectivity index (χ1n) is 13.9. The molecule has 2 N–H and O–H groups in total. The molecule has 44 heavy (non-hydrogen) atoms. The van der Waals surface area contributed by atoms with E-state index in [-0.39, 0.29) is 11.5 Å². The SMILES string of the molecule is COc1ccc2c(c1O)C(Oc1c(OC)ccc3c1C=N[C@@H]1OC(c4ccccc4)=NN31)N[C@H]1OC(c3ccccc3)=NN21. The molecule has 0 spiro atoms. The third kappa shape index (κ3) is 4.07. The van der Waals surface area contributed by atoms with E-state index in [2.05, 4.69) is 10.3 Å². The second-order valence-electron chi connectivity index (χ2n) is 10.2. The van der Waals surface area contributed by atoms with Gasteiger partial charge in [0, 0.05) is 17.3 Å². The van der Waals surface area contributed by atoms with E-state index in [1.54, 1.807) is 35.5 Å². The molecule has 220 valence electrons. The van der Waals surface area contributed by atoms with Crippen molar-refractivity contribution in [2.45, 2.75) is 18.9 Å². The molecular formula is C32H26N6O6. The van der Waals surface area contributed by atoms with Crippen LogP contribution in [0.4, 0.5) is 11.4 Å². The molecule has 4 aromatic carbocycles. The van der Waals surface area contributed by atoms with Crippen molar-refractivity contribution in [3.8, 4) is 23.0 Å². The monoisotopic (exact) mass is 590 g/mol. The fourth-order valence-corrected chi connectivity index (χ4v) is 5.55. The third-order valence-electron chi connectivity index (χ3n) is 7.66. The van der Waals surface area contributed by atoms with E-state index >= 15 is 0 Å². The van der Waals surface area contributed by atoms with Gasteiger partial charge >= 0.3 is 0 Å². The smallest absolute Gasteiger partial charge is 0.291 e. The van der Waals surface area contributed by atoms with E-state index in [4.69, 9.17) is 33.9 Å². The van der Waals surface area contributed by atoms with Gasteiger partial charge in [0.1, 0.15) is 0 Å². The zero-order chi connectivity index (χ0) is 29.8. The van der Waals surface area contributed by atoms with Crippen molar-refractivity contribution in [2.75, 3.05) is 24.2 Å². The summed E-state index contributed by atoms with van der Waals surface area (Å²) in [6, 6.07) is 26.4. The summed E-state index contributed by atoms with van der Waals surface area (Å²) < 4.78 is 30.1. The molecule has 4 aromatic rings. The molecule has 0 amide bonds. The van der Waals surface area contributed by atoms with Crippen LogP contribution in [0.1, 0.15) is 28.5 Å². The van der Waals surface area contributed by atoms with Crippen LogP contribution in [-0.2, 0) is 9.47 Å². The van der Waals surface area contributed by atoms with Crippen LogP contribution in [0.15, 0.2) is 100 Å². The number of hydrogen-bond donors (Lipinski definition) is 2. The first-order chi connectivity index (χ1) is 21.6. The topological polar surface area (TPSA) is 122 Å². The Morgan fingerprint density at radius 1 is 0.750 bits per heavy atom. The number of aromatic hydroxyl groups is 1. The molecule has 1 unspecified atom stereocenters. The maximum absolute atomic E-state index is 11.4. The fraction of sp³-hybridized carbons (Fsp3) is 0.156. The Hall–Kier alpha value is -5.75. The number of fused-ring (bicyclic) bond motifs is 6. The number of aliphatic imine (C=N–C) groups is 1. The number of phenolic OH excluding ortho intramolecular Hbond substituents is 1. The summed E-state index contributed by atoms with van der Waals surface area (Å²) in [5, 5.41) is 27.5. The number of benzene rings is 4. The van der Waals surface area contributed by atoms with Gasteiger partial charge in [-0.2, -0.15) is 0 Å². The second-order valence-corrected chi connectivity index (χ2v) is 10.2. The first-order valence-corrected chi connectivity index (χ1v) is 13.9. The molecule has 3 atom stereocenters. The molecule has 0 saturated heterocycles. The zero-order valence-electron chi connectivity index (χ0n) is 23.6. The van der Waals surface area contributed by atoms with Gasteiger partial charge in [-0.15, -0.1) is 10.2 Å². The summed E-state index contributed by atoms with van der Waals surface area (Å²) in [5.41, 5.74) is 4.00. The van der Waals surface area contributed by atoms with Crippen molar-refractivity contribution in [3.05, 3.63) is 107 Å². The Morgan fingerprint density at radius 2 is 1.39 bits per heavy atom. The number of nitrogens with zero attached hydrogens (tertiary/aromatic N) is 5. The quantitative estimate of drug-likeness (QED) is 0.335. The lowest BCUT2D eigenvalue weighted by atomic mass is 10.1. The van der Waals surface area contributed by atoms with Crippen molar-refractivity contribution in [3.63, 3.8) is 0 Å². The average Bonchev–Trinajstić information content (AvgIpc) is 3.71. The molecule has 12 nitrogen and oxygen atoms in total. The molecule has 4 aliphatic rings. The highest BCUT2D eigenvalue weighted by atomic mass is 16.6. The predicted molar refractivity (Wildman–Crippen MR) is 162 cm³/mol. The Balaban J connectivity index is 1.19. The van der Waals surface area contributed by atoms with Gasteiger partial charge in [0.15, 0.2) is 29.2 Å². The number of hydrogen-bond acceptors (Lipinski definition) is 12. The van der Waals surface area contributed by atoms with Crippen molar-refractivity contribution < 1.29 is 28.8 Å². The van der Waals surface area contributed by atoms with Crippen LogP contribution in [-0.4, -0.2) is 50.0 Å². The van der Waals surface area contributed by atoms with Gasteiger partial charge in [0.05, 0.1) is 36.7 Å². The summed E-state index contributed by atoms with van der Waals surface area (Å²) in [6.07, 6.45) is -0.600. The fourth-order valence-electron chi connectivity index (χ4n) is 5.55. The van der Waals surface area contributed by atoms with Gasteiger partial charge in [0.2, 0.25) is 11.8 Å². The lowest BCUT2D eigenvalue weighted by Gasteiger charge is -2.36. The maximum Gasteiger partial charge on any atom is 0.291 e. The highest BCUT2D eigenvalue weighted by Gasteiger charge is 2.43. The van der Waals surface area contributed by atoms with Crippen LogP contribution in [0, 0.1) is 0 Å². The van der Waals surface area contributed by atoms with Crippen LogP contribution in [0.5, 0.6) is 23.0 Å². The number of anilines is 2. The van der Waals surface area contributed by atoms with Crippen LogP contribution in [0.25, 0.3) is 0 Å². The normalized spacial score (nSPS) is 20.7. The Bertz CT molecular complexity index is 1850. The number of nitrogens with one attached hydrogen (secondary N) is 1. The van der Waals surface area contributed by atoms with Crippen LogP contribution in [0.2, 0.25) is 0 Å². The summed E-state index contributed by atoms with van der Waals surface area (Å²) in [5.74, 6) is 1.94. The van der Waals surface area contributed by atoms with Crippen molar-refractivity contribution in [1.29, 1.82) is 0 Å². The number of hydrazone groups is 2. The van der Waals surface area contributed by atoms with E-state index in [9.17, 15) is 5.11 Å². The maximum atomic E-state index is 11.4. The predicted octanol–water partition coefficient (Wildman–Crippen LogP) is 4.49. The Morgan fingerprint density at radius 3 is 2.09 bits per heavy atom. The minimum absolute atomic E-state index is 0.0909. The Labute approximate surface area is 252 Å². The Kier molecular flexibility index (Phi) is 6.01. The molecule has 4 aliphatic heterocycles. The lowest BCUT2D eigenvalue weighted by molar-refractivity contribution is 0.0616. The minimum Gasteiger partial charge on any atom is -0.504 e. The highest BCUT2D eigenvalue weighted by Crippen LogP contribution is 2.48. The van der Waals surface area contributed by atoms with Crippen molar-refractivity contribution >= 4 is 29.4 Å². The number of phenols is 1.